The van der Waals surface area contributed by atoms with Crippen molar-refractivity contribution in [2.45, 2.75) is 52.0 Å². The van der Waals surface area contributed by atoms with Crippen molar-refractivity contribution < 1.29 is 0 Å². The Morgan fingerprint density at radius 1 is 1.36 bits per heavy atom. The monoisotopic (exact) mass is 198 g/mol. The van der Waals surface area contributed by atoms with Crippen LogP contribution in [0.4, 0.5) is 0 Å². The molecule has 2 nitrogen and oxygen atoms in total. The Bertz CT molecular complexity index is 146. The zero-order valence-corrected chi connectivity index (χ0v) is 10.0. The first-order valence-electron chi connectivity index (χ1n) is 6.16. The minimum absolute atomic E-state index is 0.367. The van der Waals surface area contributed by atoms with Gasteiger partial charge in [0, 0.05) is 12.1 Å². The minimum Gasteiger partial charge on any atom is -0.315 e. The predicted octanol–water partition coefficient (Wildman–Crippen LogP) is 2.15. The summed E-state index contributed by atoms with van der Waals surface area (Å²) in [6.07, 6.45) is 5.26. The first-order valence-corrected chi connectivity index (χ1v) is 6.16. The van der Waals surface area contributed by atoms with Gasteiger partial charge in [0.25, 0.3) is 0 Å². The van der Waals surface area contributed by atoms with Crippen molar-refractivity contribution in [3.63, 3.8) is 0 Å². The smallest absolute Gasteiger partial charge is 0.0278 e. The highest BCUT2D eigenvalue weighted by Gasteiger charge is 2.27. The van der Waals surface area contributed by atoms with E-state index in [1.807, 2.05) is 0 Å². The molecular weight excluding hydrogens is 172 g/mol. The van der Waals surface area contributed by atoms with Gasteiger partial charge in [0.2, 0.25) is 0 Å². The Balaban J connectivity index is 2.13. The Morgan fingerprint density at radius 2 is 2.07 bits per heavy atom. The molecule has 0 radical (unpaired) electrons. The largest absolute Gasteiger partial charge is 0.315 e. The zero-order chi connectivity index (χ0) is 10.4. The van der Waals surface area contributed by atoms with Crippen LogP contribution in [0.15, 0.2) is 0 Å². The molecule has 2 N–H and O–H groups in total. The Labute approximate surface area is 88.8 Å². The van der Waals surface area contributed by atoms with Gasteiger partial charge in [-0.3, -0.25) is 0 Å². The van der Waals surface area contributed by atoms with Crippen LogP contribution in [0, 0.1) is 5.92 Å². The van der Waals surface area contributed by atoms with Crippen LogP contribution in [0.25, 0.3) is 0 Å². The lowest BCUT2D eigenvalue weighted by molar-refractivity contribution is 0.358. The highest BCUT2D eigenvalue weighted by molar-refractivity contribution is 4.90. The van der Waals surface area contributed by atoms with Gasteiger partial charge in [-0.1, -0.05) is 26.7 Å². The fourth-order valence-corrected chi connectivity index (χ4v) is 2.24. The van der Waals surface area contributed by atoms with E-state index in [-0.39, 0.29) is 0 Å². The third-order valence-corrected chi connectivity index (χ3v) is 3.56. The van der Waals surface area contributed by atoms with Crippen molar-refractivity contribution in [2.75, 3.05) is 19.6 Å². The van der Waals surface area contributed by atoms with E-state index in [1.54, 1.807) is 0 Å². The number of rotatable bonds is 6. The van der Waals surface area contributed by atoms with E-state index in [9.17, 15) is 0 Å². The lowest BCUT2D eigenvalue weighted by atomic mass is 9.99. The Hall–Kier alpha value is -0.0800. The van der Waals surface area contributed by atoms with Crippen molar-refractivity contribution in [2.24, 2.45) is 5.92 Å². The van der Waals surface area contributed by atoms with E-state index < -0.39 is 0 Å². The third kappa shape index (κ3) is 3.58. The predicted molar refractivity (Wildman–Crippen MR) is 62.6 cm³/mol. The molecule has 0 spiro atoms. The van der Waals surface area contributed by atoms with Gasteiger partial charge in [0.05, 0.1) is 0 Å². The van der Waals surface area contributed by atoms with Crippen molar-refractivity contribution in [1.82, 2.24) is 10.6 Å². The quantitative estimate of drug-likeness (QED) is 0.683. The maximum atomic E-state index is 3.61. The average Bonchev–Trinajstić information content (AvgIpc) is 2.60. The molecule has 1 unspecified atom stereocenters. The second-order valence-electron chi connectivity index (χ2n) is 4.90. The second-order valence-corrected chi connectivity index (χ2v) is 4.90. The van der Waals surface area contributed by atoms with Crippen LogP contribution in [0.1, 0.15) is 46.5 Å². The topological polar surface area (TPSA) is 24.1 Å². The van der Waals surface area contributed by atoms with Gasteiger partial charge in [-0.15, -0.1) is 0 Å². The van der Waals surface area contributed by atoms with Gasteiger partial charge in [0.15, 0.2) is 0 Å². The molecule has 2 heteroatoms. The van der Waals surface area contributed by atoms with Gasteiger partial charge >= 0.3 is 0 Å². The normalized spacial score (nSPS) is 27.4. The molecule has 0 aromatic carbocycles. The van der Waals surface area contributed by atoms with Gasteiger partial charge in [-0.25, -0.2) is 0 Å². The maximum Gasteiger partial charge on any atom is 0.0278 e. The molecule has 0 bridgehead atoms. The summed E-state index contributed by atoms with van der Waals surface area (Å²) in [4.78, 5) is 0. The first kappa shape index (κ1) is 12.0. The molecule has 1 rings (SSSR count). The number of hydrogen-bond donors (Lipinski definition) is 2. The van der Waals surface area contributed by atoms with E-state index in [0.717, 1.165) is 12.5 Å². The summed E-state index contributed by atoms with van der Waals surface area (Å²) in [5.74, 6) is 0.861. The van der Waals surface area contributed by atoms with Gasteiger partial charge in [0.1, 0.15) is 0 Å². The molecule has 0 aromatic heterocycles. The molecule has 1 saturated heterocycles. The van der Waals surface area contributed by atoms with Crippen LogP contribution in [0.3, 0.4) is 0 Å². The summed E-state index contributed by atoms with van der Waals surface area (Å²) in [5, 5.41) is 7.19. The molecule has 14 heavy (non-hydrogen) atoms. The van der Waals surface area contributed by atoms with Crippen LogP contribution in [0.5, 0.6) is 0 Å². The standard InChI is InChI=1S/C12H26N2/c1-4-11(5-2)9-13-10-12(3)7-6-8-14-12/h11,13-14H,4-10H2,1-3H3. The van der Waals surface area contributed by atoms with E-state index in [1.165, 1.54) is 38.8 Å². The molecular formula is C12H26N2. The second kappa shape index (κ2) is 5.72. The molecule has 0 aromatic rings. The fraction of sp³-hybridized carbons (Fsp3) is 1.00. The summed E-state index contributed by atoms with van der Waals surface area (Å²) in [7, 11) is 0. The SMILES string of the molecule is CCC(CC)CNCC1(C)CCCN1. The fourth-order valence-electron chi connectivity index (χ4n) is 2.24. The minimum atomic E-state index is 0.367. The van der Waals surface area contributed by atoms with Crippen LogP contribution in [0.2, 0.25) is 0 Å². The van der Waals surface area contributed by atoms with E-state index in [4.69, 9.17) is 0 Å². The van der Waals surface area contributed by atoms with Crippen LogP contribution >= 0.6 is 0 Å². The number of nitrogens with one attached hydrogen (secondary N) is 2. The van der Waals surface area contributed by atoms with Gasteiger partial charge in [-0.05, 0) is 38.8 Å². The summed E-state index contributed by atoms with van der Waals surface area (Å²) in [6.45, 7) is 10.4. The van der Waals surface area contributed by atoms with Crippen molar-refractivity contribution >= 4 is 0 Å². The maximum absolute atomic E-state index is 3.61. The molecule has 1 aliphatic rings. The summed E-state index contributed by atoms with van der Waals surface area (Å²) < 4.78 is 0. The summed E-state index contributed by atoms with van der Waals surface area (Å²) in [5.41, 5.74) is 0.367. The van der Waals surface area contributed by atoms with Gasteiger partial charge < -0.3 is 10.6 Å². The zero-order valence-electron chi connectivity index (χ0n) is 10.0. The van der Waals surface area contributed by atoms with Crippen molar-refractivity contribution in [3.8, 4) is 0 Å². The van der Waals surface area contributed by atoms with E-state index >= 15 is 0 Å². The molecule has 0 aliphatic carbocycles. The van der Waals surface area contributed by atoms with Crippen LogP contribution in [-0.4, -0.2) is 25.2 Å². The van der Waals surface area contributed by atoms with Crippen molar-refractivity contribution in [1.29, 1.82) is 0 Å². The summed E-state index contributed by atoms with van der Waals surface area (Å²) in [6, 6.07) is 0. The lowest BCUT2D eigenvalue weighted by Crippen LogP contribution is -2.46. The molecule has 0 amide bonds. The number of hydrogen-bond acceptors (Lipinski definition) is 2. The van der Waals surface area contributed by atoms with Gasteiger partial charge in [-0.2, -0.15) is 0 Å². The molecule has 1 aliphatic heterocycles. The molecule has 84 valence electrons. The molecule has 0 saturated carbocycles. The molecule has 1 fully saturated rings. The average molecular weight is 198 g/mol. The van der Waals surface area contributed by atoms with Crippen LogP contribution < -0.4 is 10.6 Å². The lowest BCUT2D eigenvalue weighted by Gasteiger charge is -2.26. The molecule has 1 atom stereocenters. The van der Waals surface area contributed by atoms with Crippen LogP contribution in [-0.2, 0) is 0 Å². The molecule has 1 heterocycles. The Kier molecular flexibility index (Phi) is 4.90. The highest BCUT2D eigenvalue weighted by Crippen LogP contribution is 2.17. The van der Waals surface area contributed by atoms with E-state index in [2.05, 4.69) is 31.4 Å². The first-order chi connectivity index (χ1) is 6.70. The van der Waals surface area contributed by atoms with Crippen molar-refractivity contribution in [3.05, 3.63) is 0 Å². The Morgan fingerprint density at radius 3 is 2.57 bits per heavy atom. The summed E-state index contributed by atoms with van der Waals surface area (Å²) >= 11 is 0. The highest BCUT2D eigenvalue weighted by atomic mass is 15.0. The van der Waals surface area contributed by atoms with E-state index in [0.29, 0.717) is 5.54 Å². The third-order valence-electron chi connectivity index (χ3n) is 3.56.